The van der Waals surface area contributed by atoms with E-state index in [0.717, 1.165) is 6.07 Å². The summed E-state index contributed by atoms with van der Waals surface area (Å²) in [6.45, 7) is 2.25. The summed E-state index contributed by atoms with van der Waals surface area (Å²) in [7, 11) is 0. The van der Waals surface area contributed by atoms with Gasteiger partial charge in [0.05, 0.1) is 5.56 Å². The number of hydrogen-bond acceptors (Lipinski definition) is 2. The van der Waals surface area contributed by atoms with Crippen LogP contribution in [0, 0.1) is 4.77 Å². The Morgan fingerprint density at radius 2 is 2.00 bits per heavy atom. The Hall–Kier alpha value is -1.63. The van der Waals surface area contributed by atoms with E-state index < -0.39 is 11.7 Å². The van der Waals surface area contributed by atoms with Gasteiger partial charge in [-0.3, -0.25) is 5.10 Å². The van der Waals surface area contributed by atoms with Crippen molar-refractivity contribution in [3.63, 3.8) is 0 Å². The highest BCUT2D eigenvalue weighted by atomic mass is 32.1. The Balaban J connectivity index is 2.68. The molecule has 2 rings (SSSR count). The maximum atomic E-state index is 12.9. The average molecular weight is 273 g/mol. The van der Waals surface area contributed by atoms with Gasteiger partial charge in [-0.05, 0) is 25.2 Å². The van der Waals surface area contributed by atoms with Crippen molar-refractivity contribution in [2.75, 3.05) is 0 Å². The molecule has 1 heterocycles. The third-order valence-electron chi connectivity index (χ3n) is 2.55. The zero-order chi connectivity index (χ0) is 13.3. The second kappa shape index (κ2) is 4.56. The van der Waals surface area contributed by atoms with Gasteiger partial charge in [-0.25, -0.2) is 0 Å². The zero-order valence-electron chi connectivity index (χ0n) is 9.45. The minimum absolute atomic E-state index is 0.0270. The van der Waals surface area contributed by atoms with E-state index in [-0.39, 0.29) is 11.4 Å². The largest absolute Gasteiger partial charge is 0.417 e. The molecule has 0 saturated carbocycles. The third-order valence-corrected chi connectivity index (χ3v) is 2.86. The summed E-state index contributed by atoms with van der Waals surface area (Å²) in [5.41, 5.74) is -0.687. The van der Waals surface area contributed by atoms with E-state index in [4.69, 9.17) is 12.2 Å². The number of hydrogen-bond donors (Lipinski definition) is 1. The van der Waals surface area contributed by atoms with Gasteiger partial charge in [0.1, 0.15) is 0 Å². The number of alkyl halides is 3. The van der Waals surface area contributed by atoms with Gasteiger partial charge < -0.3 is 4.57 Å². The second-order valence-corrected chi connectivity index (χ2v) is 4.03. The molecule has 0 aliphatic heterocycles. The normalized spacial score (nSPS) is 11.8. The van der Waals surface area contributed by atoms with Crippen LogP contribution in [0.1, 0.15) is 12.5 Å². The van der Waals surface area contributed by atoms with Crippen LogP contribution < -0.4 is 0 Å². The van der Waals surface area contributed by atoms with Crippen molar-refractivity contribution in [2.24, 2.45) is 0 Å². The lowest BCUT2D eigenvalue weighted by Crippen LogP contribution is -2.09. The molecule has 1 aromatic heterocycles. The monoisotopic (exact) mass is 273 g/mol. The highest BCUT2D eigenvalue weighted by molar-refractivity contribution is 7.71. The van der Waals surface area contributed by atoms with Crippen LogP contribution >= 0.6 is 12.2 Å². The molecule has 96 valence electrons. The Kier molecular flexibility index (Phi) is 3.25. The molecule has 3 nitrogen and oxygen atoms in total. The molecule has 18 heavy (non-hydrogen) atoms. The first-order valence-electron chi connectivity index (χ1n) is 5.27. The number of H-pyrrole nitrogens is 1. The molecule has 0 spiro atoms. The van der Waals surface area contributed by atoms with Crippen LogP contribution in [0.5, 0.6) is 0 Å². The van der Waals surface area contributed by atoms with E-state index in [1.807, 2.05) is 0 Å². The van der Waals surface area contributed by atoms with Gasteiger partial charge in [0.15, 0.2) is 10.6 Å². The molecule has 0 unspecified atom stereocenters. The van der Waals surface area contributed by atoms with Crippen LogP contribution in [0.2, 0.25) is 0 Å². The van der Waals surface area contributed by atoms with E-state index in [9.17, 15) is 13.2 Å². The van der Waals surface area contributed by atoms with E-state index >= 15 is 0 Å². The van der Waals surface area contributed by atoms with E-state index in [1.165, 1.54) is 16.7 Å². The fourth-order valence-corrected chi connectivity index (χ4v) is 2.00. The summed E-state index contributed by atoms with van der Waals surface area (Å²) in [6, 6.07) is 5.32. The van der Waals surface area contributed by atoms with Crippen LogP contribution in [0.4, 0.5) is 13.2 Å². The molecule has 2 aromatic rings. The Bertz CT molecular complexity index is 612. The smallest absolute Gasteiger partial charge is 0.300 e. The third kappa shape index (κ3) is 2.17. The van der Waals surface area contributed by atoms with Gasteiger partial charge in [0, 0.05) is 12.1 Å². The Morgan fingerprint density at radius 1 is 1.33 bits per heavy atom. The van der Waals surface area contributed by atoms with Crippen LogP contribution in [0.15, 0.2) is 24.3 Å². The summed E-state index contributed by atoms with van der Waals surface area (Å²) in [5, 5.41) is 6.39. The van der Waals surface area contributed by atoms with Crippen molar-refractivity contribution < 1.29 is 13.2 Å². The first-order valence-corrected chi connectivity index (χ1v) is 5.67. The van der Waals surface area contributed by atoms with Crippen molar-refractivity contribution in [2.45, 2.75) is 19.6 Å². The maximum absolute atomic E-state index is 12.9. The van der Waals surface area contributed by atoms with Crippen molar-refractivity contribution in [3.8, 4) is 11.4 Å². The van der Waals surface area contributed by atoms with Crippen LogP contribution in [0.3, 0.4) is 0 Å². The van der Waals surface area contributed by atoms with Crippen molar-refractivity contribution in [3.05, 3.63) is 34.6 Å². The number of nitrogens with zero attached hydrogens (tertiary/aromatic N) is 2. The molecule has 0 radical (unpaired) electrons. The molecule has 0 saturated heterocycles. The first-order chi connectivity index (χ1) is 8.45. The molecule has 1 N–H and O–H groups in total. The van der Waals surface area contributed by atoms with Crippen LogP contribution in [0.25, 0.3) is 11.4 Å². The fraction of sp³-hybridized carbons (Fsp3) is 0.273. The molecule has 7 heteroatoms. The number of nitrogens with one attached hydrogen (secondary N) is 1. The number of rotatable bonds is 2. The molecular weight excluding hydrogens is 263 g/mol. The van der Waals surface area contributed by atoms with Gasteiger partial charge in [-0.15, -0.1) is 0 Å². The van der Waals surface area contributed by atoms with Gasteiger partial charge in [0.25, 0.3) is 0 Å². The quantitative estimate of drug-likeness (QED) is 0.847. The standard InChI is InChI=1S/C11H10F3N3S/c1-2-17-9(15-16-10(17)18)7-5-3-4-6-8(7)11(12,13)14/h3-6H,2H2,1H3,(H,16,18). The van der Waals surface area contributed by atoms with E-state index in [0.29, 0.717) is 11.3 Å². The van der Waals surface area contributed by atoms with Crippen molar-refractivity contribution in [1.82, 2.24) is 14.8 Å². The Morgan fingerprint density at radius 3 is 2.61 bits per heavy atom. The fourth-order valence-electron chi connectivity index (χ4n) is 1.74. The van der Waals surface area contributed by atoms with Crippen LogP contribution in [-0.2, 0) is 12.7 Å². The minimum atomic E-state index is -4.41. The molecule has 0 fully saturated rings. The van der Waals surface area contributed by atoms with Crippen LogP contribution in [-0.4, -0.2) is 14.8 Å². The maximum Gasteiger partial charge on any atom is 0.417 e. The number of benzene rings is 1. The van der Waals surface area contributed by atoms with E-state index in [1.54, 1.807) is 13.0 Å². The molecule has 1 aromatic carbocycles. The Labute approximate surface area is 106 Å². The summed E-state index contributed by atoms with van der Waals surface area (Å²) in [6.07, 6.45) is -4.41. The van der Waals surface area contributed by atoms with Gasteiger partial charge in [-0.1, -0.05) is 18.2 Å². The average Bonchev–Trinajstić information content (AvgIpc) is 2.69. The highest BCUT2D eigenvalue weighted by Gasteiger charge is 2.34. The SMILES string of the molecule is CCn1c(-c2ccccc2C(F)(F)F)n[nH]c1=S. The number of aromatic nitrogens is 3. The molecule has 0 atom stereocenters. The lowest BCUT2D eigenvalue weighted by molar-refractivity contribution is -0.137. The summed E-state index contributed by atoms with van der Waals surface area (Å²) in [4.78, 5) is 0. The zero-order valence-corrected chi connectivity index (χ0v) is 10.3. The predicted molar refractivity (Wildman–Crippen MR) is 63.5 cm³/mol. The number of aromatic amines is 1. The van der Waals surface area contributed by atoms with Crippen molar-refractivity contribution in [1.29, 1.82) is 0 Å². The summed E-state index contributed by atoms with van der Waals surface area (Å²) in [5.74, 6) is 0.204. The van der Waals surface area contributed by atoms with Crippen molar-refractivity contribution >= 4 is 12.2 Å². The summed E-state index contributed by atoms with van der Waals surface area (Å²) >= 11 is 4.97. The number of halogens is 3. The first kappa shape index (κ1) is 12.8. The van der Waals surface area contributed by atoms with E-state index in [2.05, 4.69) is 10.2 Å². The highest BCUT2D eigenvalue weighted by Crippen LogP contribution is 2.36. The molecule has 0 bridgehead atoms. The molecule has 0 aliphatic carbocycles. The van der Waals surface area contributed by atoms with Gasteiger partial charge in [0.2, 0.25) is 0 Å². The topological polar surface area (TPSA) is 33.6 Å². The second-order valence-electron chi connectivity index (χ2n) is 3.64. The molecular formula is C11H10F3N3S. The molecule has 0 aliphatic rings. The summed E-state index contributed by atoms with van der Waals surface area (Å²) < 4.78 is 40.5. The molecule has 0 amide bonds. The lowest BCUT2D eigenvalue weighted by atomic mass is 10.1. The predicted octanol–water partition coefficient (Wildman–Crippen LogP) is 3.65. The van der Waals surface area contributed by atoms with Gasteiger partial charge >= 0.3 is 6.18 Å². The van der Waals surface area contributed by atoms with Gasteiger partial charge in [-0.2, -0.15) is 18.3 Å². The minimum Gasteiger partial charge on any atom is -0.300 e. The lowest BCUT2D eigenvalue weighted by Gasteiger charge is -2.12.